The van der Waals surface area contributed by atoms with Crippen molar-refractivity contribution in [1.29, 1.82) is 0 Å². The van der Waals surface area contributed by atoms with E-state index in [4.69, 9.17) is 11.6 Å². The number of hydrogen-bond acceptors (Lipinski definition) is 6. The van der Waals surface area contributed by atoms with Gasteiger partial charge in [0, 0.05) is 29.7 Å². The molecule has 2 saturated carbocycles. The number of benzene rings is 1. The fourth-order valence-electron chi connectivity index (χ4n) is 5.62. The van der Waals surface area contributed by atoms with Gasteiger partial charge in [0.25, 0.3) is 5.91 Å². The van der Waals surface area contributed by atoms with E-state index in [0.717, 1.165) is 24.1 Å². The maximum atomic E-state index is 12.8. The normalized spacial score (nSPS) is 24.4. The summed E-state index contributed by atoms with van der Waals surface area (Å²) >= 11 is 6.06. The molecule has 0 radical (unpaired) electrons. The number of carbonyl (C=O) groups excluding carboxylic acids is 2. The highest BCUT2D eigenvalue weighted by atomic mass is 35.5. The van der Waals surface area contributed by atoms with Gasteiger partial charge in [-0.2, -0.15) is 8.78 Å². The summed E-state index contributed by atoms with van der Waals surface area (Å²) in [4.78, 5) is 31.5. The third-order valence-electron chi connectivity index (χ3n) is 8.03. The van der Waals surface area contributed by atoms with Gasteiger partial charge in [-0.05, 0) is 85.9 Å². The topological polar surface area (TPSA) is 102 Å². The molecule has 0 spiro atoms. The maximum Gasteiger partial charge on any atom is 0.387 e. The second-order valence-electron chi connectivity index (χ2n) is 10.6. The maximum absolute atomic E-state index is 12.8. The molecule has 3 aliphatic rings. The highest BCUT2D eigenvalue weighted by Crippen LogP contribution is 2.47. The first-order chi connectivity index (χ1) is 18.7. The van der Waals surface area contributed by atoms with Crippen LogP contribution in [-0.4, -0.2) is 51.0 Å². The Morgan fingerprint density at radius 3 is 2.72 bits per heavy atom. The highest BCUT2D eigenvalue weighted by Gasteiger charge is 2.52. The van der Waals surface area contributed by atoms with Crippen LogP contribution in [0.15, 0.2) is 36.7 Å². The summed E-state index contributed by atoms with van der Waals surface area (Å²) in [5.74, 6) is 1.16. The van der Waals surface area contributed by atoms with Crippen molar-refractivity contribution < 1.29 is 23.1 Å². The molecule has 12 heteroatoms. The van der Waals surface area contributed by atoms with Gasteiger partial charge in [-0.15, -0.1) is 5.10 Å². The number of nitrogens with one attached hydrogen (secondary N) is 1. The molecule has 1 aromatic carbocycles. The molecule has 3 heterocycles. The Labute approximate surface area is 228 Å². The zero-order valence-corrected chi connectivity index (χ0v) is 22.1. The van der Waals surface area contributed by atoms with E-state index in [1.54, 1.807) is 28.0 Å². The van der Waals surface area contributed by atoms with E-state index < -0.39 is 6.61 Å². The van der Waals surface area contributed by atoms with Crippen LogP contribution in [0.5, 0.6) is 5.75 Å². The number of carbonyl (C=O) groups is 2. The summed E-state index contributed by atoms with van der Waals surface area (Å²) in [6.45, 7) is 1.71. The molecule has 204 valence electrons. The summed E-state index contributed by atoms with van der Waals surface area (Å²) in [5.41, 5.74) is 2.67. The summed E-state index contributed by atoms with van der Waals surface area (Å²) in [5, 5.41) is 11.6. The molecule has 2 aromatic heterocycles. The molecular weight excluding hydrogens is 530 g/mol. The van der Waals surface area contributed by atoms with Crippen molar-refractivity contribution in [2.45, 2.75) is 57.7 Å². The van der Waals surface area contributed by atoms with Crippen LogP contribution in [0.2, 0.25) is 5.02 Å². The summed E-state index contributed by atoms with van der Waals surface area (Å²) in [6, 6.07) is 6.13. The van der Waals surface area contributed by atoms with Crippen LogP contribution in [0.1, 0.15) is 65.3 Å². The van der Waals surface area contributed by atoms with Gasteiger partial charge >= 0.3 is 6.61 Å². The molecule has 1 aliphatic heterocycles. The minimum atomic E-state index is -2.93. The number of anilines is 1. The van der Waals surface area contributed by atoms with Crippen molar-refractivity contribution in [2.75, 3.05) is 11.4 Å². The molecule has 3 fully saturated rings. The van der Waals surface area contributed by atoms with Crippen LogP contribution in [-0.2, 0) is 4.79 Å². The second-order valence-corrected chi connectivity index (χ2v) is 11.0. The van der Waals surface area contributed by atoms with Gasteiger partial charge in [0.15, 0.2) is 5.69 Å². The van der Waals surface area contributed by atoms with E-state index in [1.807, 2.05) is 19.9 Å². The summed E-state index contributed by atoms with van der Waals surface area (Å²) in [7, 11) is 0. The predicted octanol–water partition coefficient (Wildman–Crippen LogP) is 4.50. The average Bonchev–Trinajstić information content (AvgIpc) is 3.32. The largest absolute Gasteiger partial charge is 0.435 e. The second kappa shape index (κ2) is 9.86. The van der Waals surface area contributed by atoms with E-state index in [0.29, 0.717) is 35.2 Å². The van der Waals surface area contributed by atoms with Crippen molar-refractivity contribution in [3.63, 3.8) is 0 Å². The Hall–Kier alpha value is -3.60. The van der Waals surface area contributed by atoms with E-state index >= 15 is 0 Å². The lowest BCUT2D eigenvalue weighted by atomic mass is 9.75. The molecule has 0 bridgehead atoms. The number of piperidine rings is 1. The van der Waals surface area contributed by atoms with Crippen LogP contribution in [0.25, 0.3) is 0 Å². The van der Waals surface area contributed by atoms with Crippen molar-refractivity contribution in [3.8, 4) is 5.75 Å². The highest BCUT2D eigenvalue weighted by molar-refractivity contribution is 6.30. The number of aromatic nitrogens is 4. The molecule has 2 amide bonds. The number of ether oxygens (including phenoxy) is 1. The first-order valence-corrected chi connectivity index (χ1v) is 13.3. The van der Waals surface area contributed by atoms with Gasteiger partial charge in [0.1, 0.15) is 11.6 Å². The molecule has 1 saturated heterocycles. The molecule has 9 nitrogen and oxygen atoms in total. The third kappa shape index (κ3) is 4.95. The minimum absolute atomic E-state index is 0.0569. The van der Waals surface area contributed by atoms with E-state index in [1.165, 1.54) is 12.1 Å². The SMILES string of the molecule is Cc1cc(N2C[C@H]3C[C@H]3C2=O)ncc1C(C)n1cc(C(=O)NC2CC(c3cc(Cl)ccc3OC(F)F)C2)nn1. The van der Waals surface area contributed by atoms with Gasteiger partial charge < -0.3 is 10.1 Å². The van der Waals surface area contributed by atoms with Gasteiger partial charge in [0.05, 0.1) is 12.2 Å². The van der Waals surface area contributed by atoms with Crippen LogP contribution in [0, 0.1) is 18.8 Å². The van der Waals surface area contributed by atoms with E-state index in [9.17, 15) is 18.4 Å². The van der Waals surface area contributed by atoms with Crippen molar-refractivity contribution >= 4 is 29.2 Å². The number of halogens is 3. The van der Waals surface area contributed by atoms with Crippen molar-refractivity contribution in [3.05, 3.63) is 64.1 Å². The quantitative estimate of drug-likeness (QED) is 0.438. The molecule has 1 unspecified atom stereocenters. The van der Waals surface area contributed by atoms with Gasteiger partial charge in [0.2, 0.25) is 5.91 Å². The third-order valence-corrected chi connectivity index (χ3v) is 8.26. The van der Waals surface area contributed by atoms with Crippen LogP contribution >= 0.6 is 11.6 Å². The van der Waals surface area contributed by atoms with Crippen LogP contribution in [0.3, 0.4) is 0 Å². The van der Waals surface area contributed by atoms with Gasteiger partial charge in [-0.3, -0.25) is 14.5 Å². The first kappa shape index (κ1) is 25.7. The lowest BCUT2D eigenvalue weighted by molar-refractivity contribution is -0.118. The Bertz CT molecular complexity index is 1440. The number of fused-ring (bicyclic) bond motifs is 1. The number of nitrogens with zero attached hydrogens (tertiary/aromatic N) is 5. The Balaban J connectivity index is 1.07. The van der Waals surface area contributed by atoms with Crippen molar-refractivity contribution in [1.82, 2.24) is 25.3 Å². The monoisotopic (exact) mass is 556 g/mol. The Kier molecular flexibility index (Phi) is 6.49. The molecule has 3 aromatic rings. The number of hydrogen-bond donors (Lipinski definition) is 1. The lowest BCUT2D eigenvalue weighted by Gasteiger charge is -2.36. The summed E-state index contributed by atoms with van der Waals surface area (Å²) in [6.07, 6.45) is 5.46. The number of rotatable bonds is 8. The van der Waals surface area contributed by atoms with Gasteiger partial charge in [-0.25, -0.2) is 9.67 Å². The van der Waals surface area contributed by atoms with Crippen LogP contribution in [0.4, 0.5) is 14.6 Å². The molecule has 1 N–H and O–H groups in total. The zero-order chi connectivity index (χ0) is 27.4. The smallest absolute Gasteiger partial charge is 0.387 e. The minimum Gasteiger partial charge on any atom is -0.435 e. The molecule has 39 heavy (non-hydrogen) atoms. The number of alkyl halides is 2. The fraction of sp³-hybridized carbons (Fsp3) is 0.444. The number of aryl methyl sites for hydroxylation is 1. The van der Waals surface area contributed by atoms with E-state index in [2.05, 4.69) is 25.3 Å². The molecule has 2 aliphatic carbocycles. The average molecular weight is 557 g/mol. The molecular formula is C27H27ClF2N6O3. The molecule has 6 rings (SSSR count). The first-order valence-electron chi connectivity index (χ1n) is 12.9. The number of amides is 2. The van der Waals surface area contributed by atoms with E-state index in [-0.39, 0.29) is 47.2 Å². The lowest BCUT2D eigenvalue weighted by Crippen LogP contribution is -2.43. The Morgan fingerprint density at radius 2 is 2.03 bits per heavy atom. The van der Waals surface area contributed by atoms with Gasteiger partial charge in [-0.1, -0.05) is 16.8 Å². The standard InChI is InChI=1S/C27H27ClF2N6O3/c1-13-5-24(35-11-16-8-20(16)26(35)38)31-10-21(13)14(2)36-12-22(33-34-36)25(37)32-18-6-15(7-18)19-9-17(28)3-4-23(19)39-27(29)30/h3-5,9-10,12,14-16,18,20,27H,6-8,11H2,1-2H3,(H,32,37)/t14?,15?,16-,18?,20-/m1/s1. The predicted molar refractivity (Wildman–Crippen MR) is 138 cm³/mol. The molecule has 3 atom stereocenters. The number of pyridine rings is 1. The fourth-order valence-corrected chi connectivity index (χ4v) is 5.80. The zero-order valence-electron chi connectivity index (χ0n) is 21.4. The van der Waals surface area contributed by atoms with Crippen LogP contribution < -0.4 is 15.0 Å². The summed E-state index contributed by atoms with van der Waals surface area (Å²) < 4.78 is 31.8. The Morgan fingerprint density at radius 1 is 1.23 bits per heavy atom. The van der Waals surface area contributed by atoms with Crippen molar-refractivity contribution in [2.24, 2.45) is 11.8 Å².